The number of hydrogen-bond acceptors (Lipinski definition) is 3. The number of nitrogens with zero attached hydrogens (tertiary/aromatic N) is 3. The summed E-state index contributed by atoms with van der Waals surface area (Å²) in [5.41, 5.74) is 2.78. The summed E-state index contributed by atoms with van der Waals surface area (Å²) in [6.45, 7) is 6.55. The molecular formula is C10H13N5. The van der Waals surface area contributed by atoms with Crippen LogP contribution >= 0.6 is 0 Å². The topological polar surface area (TPSA) is 70.3 Å². The summed E-state index contributed by atoms with van der Waals surface area (Å²) in [5.74, 6) is 0. The molecule has 15 heavy (non-hydrogen) atoms. The maximum Gasteiger partial charge on any atom is 0.224 e. The third-order valence-corrected chi connectivity index (χ3v) is 2.20. The van der Waals surface area contributed by atoms with Crippen molar-refractivity contribution in [2.45, 2.75) is 19.9 Å². The Morgan fingerprint density at radius 3 is 3.20 bits per heavy atom. The van der Waals surface area contributed by atoms with Crippen LogP contribution in [-0.2, 0) is 6.54 Å². The Hall–Kier alpha value is -1.91. The Morgan fingerprint density at radius 2 is 2.47 bits per heavy atom. The van der Waals surface area contributed by atoms with Crippen LogP contribution in [0.4, 0.5) is 0 Å². The zero-order valence-corrected chi connectivity index (χ0v) is 8.62. The van der Waals surface area contributed by atoms with E-state index in [-0.39, 0.29) is 5.62 Å². The van der Waals surface area contributed by atoms with Gasteiger partial charge >= 0.3 is 0 Å². The molecule has 5 nitrogen and oxygen atoms in total. The number of aryl methyl sites for hydroxylation is 1. The molecule has 0 spiro atoms. The second-order valence-corrected chi connectivity index (χ2v) is 3.60. The van der Waals surface area contributed by atoms with Crippen LogP contribution in [0, 0.1) is 5.41 Å². The summed E-state index contributed by atoms with van der Waals surface area (Å²) in [6.07, 6.45) is 4.30. The summed E-state index contributed by atoms with van der Waals surface area (Å²) in [7, 11) is 0. The van der Waals surface area contributed by atoms with Gasteiger partial charge in [0.25, 0.3) is 0 Å². The van der Waals surface area contributed by atoms with E-state index >= 15 is 0 Å². The van der Waals surface area contributed by atoms with Gasteiger partial charge in [-0.3, -0.25) is 5.41 Å². The number of hydrogen-bond donors (Lipinski definition) is 2. The van der Waals surface area contributed by atoms with Gasteiger partial charge in [-0.15, -0.1) is 6.58 Å². The molecule has 0 aliphatic rings. The highest BCUT2D eigenvalue weighted by Crippen LogP contribution is 2.03. The van der Waals surface area contributed by atoms with Crippen molar-refractivity contribution in [1.82, 2.24) is 19.5 Å². The van der Waals surface area contributed by atoms with Crippen molar-refractivity contribution in [2.24, 2.45) is 0 Å². The lowest BCUT2D eigenvalue weighted by Crippen LogP contribution is -2.22. The predicted octanol–water partition coefficient (Wildman–Crippen LogP) is 1.21. The Bertz CT molecular complexity index is 548. The second kappa shape index (κ2) is 3.68. The molecular weight excluding hydrogens is 190 g/mol. The molecule has 0 amide bonds. The van der Waals surface area contributed by atoms with Gasteiger partial charge in [0.05, 0.1) is 6.33 Å². The third kappa shape index (κ3) is 1.96. The van der Waals surface area contributed by atoms with Gasteiger partial charge in [0.1, 0.15) is 5.52 Å². The van der Waals surface area contributed by atoms with Crippen molar-refractivity contribution in [2.75, 3.05) is 0 Å². The van der Waals surface area contributed by atoms with Crippen molar-refractivity contribution in [1.29, 1.82) is 5.41 Å². The first-order valence-corrected chi connectivity index (χ1v) is 4.76. The van der Waals surface area contributed by atoms with E-state index in [9.17, 15) is 0 Å². The largest absolute Gasteiger partial charge is 0.342 e. The molecule has 0 aliphatic heterocycles. The second-order valence-electron chi connectivity index (χ2n) is 3.60. The monoisotopic (exact) mass is 203 g/mol. The Labute approximate surface area is 87.0 Å². The molecule has 0 atom stereocenters. The fraction of sp³-hybridized carbons (Fsp3) is 0.300. The van der Waals surface area contributed by atoms with Gasteiger partial charge in [0.2, 0.25) is 5.62 Å². The van der Waals surface area contributed by atoms with E-state index in [2.05, 4.69) is 21.5 Å². The van der Waals surface area contributed by atoms with Crippen LogP contribution in [0.5, 0.6) is 0 Å². The minimum atomic E-state index is 0.232. The van der Waals surface area contributed by atoms with Crippen LogP contribution in [0.1, 0.15) is 13.3 Å². The fourth-order valence-corrected chi connectivity index (χ4v) is 1.34. The highest BCUT2D eigenvalue weighted by molar-refractivity contribution is 5.67. The number of allylic oxidation sites excluding steroid dienone is 1. The number of fused-ring (bicyclic) bond motifs is 1. The molecule has 0 fully saturated rings. The van der Waals surface area contributed by atoms with E-state index in [0.29, 0.717) is 5.65 Å². The molecule has 0 unspecified atom stereocenters. The Kier molecular flexibility index (Phi) is 2.37. The van der Waals surface area contributed by atoms with Crippen LogP contribution < -0.4 is 5.62 Å². The van der Waals surface area contributed by atoms with E-state index in [0.717, 1.165) is 24.1 Å². The highest BCUT2D eigenvalue weighted by atomic mass is 15.1. The first kappa shape index (κ1) is 9.64. The zero-order chi connectivity index (χ0) is 10.8. The average Bonchev–Trinajstić information content (AvgIpc) is 2.60. The summed E-state index contributed by atoms with van der Waals surface area (Å²) in [5, 5.41) is 7.70. The lowest BCUT2D eigenvalue weighted by molar-refractivity contribution is 0.631. The lowest BCUT2D eigenvalue weighted by Gasteiger charge is -2.05. The predicted molar refractivity (Wildman–Crippen MR) is 57.2 cm³/mol. The molecule has 78 valence electrons. The number of imidazole rings is 1. The molecule has 0 aliphatic carbocycles. The summed E-state index contributed by atoms with van der Waals surface area (Å²) in [4.78, 5) is 11.0. The average molecular weight is 203 g/mol. The number of H-pyrrole nitrogens is 1. The van der Waals surface area contributed by atoms with Gasteiger partial charge < -0.3 is 9.55 Å². The normalized spacial score (nSPS) is 10.7. The fourth-order valence-electron chi connectivity index (χ4n) is 1.34. The summed E-state index contributed by atoms with van der Waals surface area (Å²) < 4.78 is 1.79. The minimum Gasteiger partial charge on any atom is -0.342 e. The van der Waals surface area contributed by atoms with Crippen LogP contribution in [0.2, 0.25) is 0 Å². The Balaban J connectivity index is 2.37. The molecule has 2 aromatic rings. The van der Waals surface area contributed by atoms with Gasteiger partial charge in [0.15, 0.2) is 5.65 Å². The summed E-state index contributed by atoms with van der Waals surface area (Å²) >= 11 is 0. The van der Waals surface area contributed by atoms with Crippen LogP contribution in [0.25, 0.3) is 11.2 Å². The minimum absolute atomic E-state index is 0.232. The van der Waals surface area contributed by atoms with Crippen molar-refractivity contribution < 1.29 is 0 Å². The molecule has 2 N–H and O–H groups in total. The zero-order valence-electron chi connectivity index (χ0n) is 8.62. The van der Waals surface area contributed by atoms with Crippen molar-refractivity contribution >= 4 is 11.2 Å². The molecule has 0 saturated carbocycles. The summed E-state index contributed by atoms with van der Waals surface area (Å²) in [6, 6.07) is 0. The van der Waals surface area contributed by atoms with E-state index in [1.54, 1.807) is 10.9 Å². The number of rotatable bonds is 3. The van der Waals surface area contributed by atoms with E-state index in [1.165, 1.54) is 0 Å². The highest BCUT2D eigenvalue weighted by Gasteiger charge is 2.00. The number of aromatic amines is 1. The third-order valence-electron chi connectivity index (χ3n) is 2.20. The molecule has 2 heterocycles. The lowest BCUT2D eigenvalue weighted by atomic mass is 10.2. The van der Waals surface area contributed by atoms with Gasteiger partial charge in [-0.2, -0.15) is 4.98 Å². The van der Waals surface area contributed by atoms with E-state index in [1.807, 2.05) is 13.1 Å². The molecule has 0 aromatic carbocycles. The van der Waals surface area contributed by atoms with Gasteiger partial charge in [0, 0.05) is 12.7 Å². The van der Waals surface area contributed by atoms with E-state index in [4.69, 9.17) is 5.41 Å². The first-order valence-electron chi connectivity index (χ1n) is 4.76. The standard InChI is InChI=1S/C10H13N5/c1-7(2)3-4-15-5-8-9(13-6-12-8)14-10(15)11/h5-6H,1,3-4H2,2H3,(H2,11,12,13,14). The maximum absolute atomic E-state index is 7.70. The van der Waals surface area contributed by atoms with Crippen LogP contribution in [-0.4, -0.2) is 19.5 Å². The number of nitrogens with one attached hydrogen (secondary N) is 2. The van der Waals surface area contributed by atoms with Gasteiger partial charge in [-0.1, -0.05) is 5.57 Å². The quantitative estimate of drug-likeness (QED) is 0.736. The SMILES string of the molecule is C=C(C)CCn1cc2[nH]cnc2nc1=N. The molecule has 2 rings (SSSR count). The van der Waals surface area contributed by atoms with E-state index < -0.39 is 0 Å². The van der Waals surface area contributed by atoms with Crippen molar-refractivity contribution in [3.05, 3.63) is 30.3 Å². The smallest absolute Gasteiger partial charge is 0.224 e. The van der Waals surface area contributed by atoms with Gasteiger partial charge in [-0.05, 0) is 13.3 Å². The molecule has 2 aromatic heterocycles. The van der Waals surface area contributed by atoms with Gasteiger partial charge in [-0.25, -0.2) is 4.98 Å². The molecule has 0 bridgehead atoms. The van der Waals surface area contributed by atoms with Crippen molar-refractivity contribution in [3.63, 3.8) is 0 Å². The number of aromatic nitrogens is 4. The first-order chi connectivity index (χ1) is 7.16. The van der Waals surface area contributed by atoms with Crippen LogP contribution in [0.15, 0.2) is 24.7 Å². The molecule has 0 saturated heterocycles. The molecule has 5 heteroatoms. The van der Waals surface area contributed by atoms with Crippen LogP contribution in [0.3, 0.4) is 0 Å². The maximum atomic E-state index is 7.70. The Morgan fingerprint density at radius 1 is 1.67 bits per heavy atom. The van der Waals surface area contributed by atoms with Crippen molar-refractivity contribution in [3.8, 4) is 0 Å². The molecule has 0 radical (unpaired) electrons.